The molecular formula is C12H12Cl2N4O. The summed E-state index contributed by atoms with van der Waals surface area (Å²) in [5.41, 5.74) is 0.940. The van der Waals surface area contributed by atoms with Crippen LogP contribution in [0.15, 0.2) is 24.5 Å². The molecule has 2 aromatic rings. The summed E-state index contributed by atoms with van der Waals surface area (Å²) < 4.78 is 5.78. The quantitative estimate of drug-likeness (QED) is 0.926. The van der Waals surface area contributed by atoms with E-state index in [9.17, 15) is 0 Å². The standard InChI is InChI=1S/C12H12Cl2N4O/c13-8-1-2-9(10(14)5-8)11-6-18(3-4-19-11)12-15-7-16-17-12/h1-2,5,7,11H,3-4,6H2,(H,15,16,17). The molecule has 0 bridgehead atoms. The Bertz CT molecular complexity index is 561. The average Bonchev–Trinajstić information content (AvgIpc) is 2.93. The minimum Gasteiger partial charge on any atom is -0.370 e. The van der Waals surface area contributed by atoms with E-state index in [4.69, 9.17) is 27.9 Å². The number of rotatable bonds is 2. The minimum absolute atomic E-state index is 0.0939. The summed E-state index contributed by atoms with van der Waals surface area (Å²) in [4.78, 5) is 6.24. The monoisotopic (exact) mass is 298 g/mol. The van der Waals surface area contributed by atoms with Gasteiger partial charge in [-0.05, 0) is 12.1 Å². The van der Waals surface area contributed by atoms with Crippen molar-refractivity contribution in [2.45, 2.75) is 6.10 Å². The van der Waals surface area contributed by atoms with Crippen molar-refractivity contribution in [3.8, 4) is 0 Å². The van der Waals surface area contributed by atoms with Gasteiger partial charge in [-0.2, -0.15) is 10.1 Å². The first-order chi connectivity index (χ1) is 9.24. The number of morpholine rings is 1. The van der Waals surface area contributed by atoms with E-state index in [0.29, 0.717) is 23.2 Å². The first-order valence-corrected chi connectivity index (χ1v) is 6.66. The summed E-state index contributed by atoms with van der Waals surface area (Å²) in [6.45, 7) is 2.07. The van der Waals surface area contributed by atoms with Crippen LogP contribution < -0.4 is 4.90 Å². The molecule has 0 saturated carbocycles. The molecule has 1 aliphatic heterocycles. The smallest absolute Gasteiger partial charge is 0.221 e. The van der Waals surface area contributed by atoms with Crippen LogP contribution in [-0.2, 0) is 4.74 Å². The van der Waals surface area contributed by atoms with Crippen molar-refractivity contribution in [2.75, 3.05) is 24.6 Å². The van der Waals surface area contributed by atoms with Crippen LogP contribution in [0, 0.1) is 0 Å². The van der Waals surface area contributed by atoms with Gasteiger partial charge in [-0.15, -0.1) is 0 Å². The maximum absolute atomic E-state index is 6.22. The van der Waals surface area contributed by atoms with Gasteiger partial charge >= 0.3 is 0 Å². The molecule has 7 heteroatoms. The van der Waals surface area contributed by atoms with Gasteiger partial charge in [-0.3, -0.25) is 0 Å². The van der Waals surface area contributed by atoms with Crippen LogP contribution >= 0.6 is 23.2 Å². The maximum Gasteiger partial charge on any atom is 0.221 e. The van der Waals surface area contributed by atoms with Crippen molar-refractivity contribution in [1.82, 2.24) is 15.2 Å². The van der Waals surface area contributed by atoms with E-state index in [1.165, 1.54) is 6.33 Å². The van der Waals surface area contributed by atoms with Gasteiger partial charge < -0.3 is 9.64 Å². The van der Waals surface area contributed by atoms with Crippen molar-refractivity contribution in [2.24, 2.45) is 0 Å². The Balaban J connectivity index is 1.81. The summed E-state index contributed by atoms with van der Waals surface area (Å²) in [6.07, 6.45) is 1.40. The molecular weight excluding hydrogens is 287 g/mol. The van der Waals surface area contributed by atoms with E-state index < -0.39 is 0 Å². The molecule has 5 nitrogen and oxygen atoms in total. The number of anilines is 1. The predicted octanol–water partition coefficient (Wildman–Crippen LogP) is 2.69. The van der Waals surface area contributed by atoms with Gasteiger partial charge in [0.05, 0.1) is 13.2 Å². The van der Waals surface area contributed by atoms with Crippen LogP contribution in [0.1, 0.15) is 11.7 Å². The molecule has 1 aromatic heterocycles. The Morgan fingerprint density at radius 3 is 3.00 bits per heavy atom. The normalized spacial score (nSPS) is 19.7. The van der Waals surface area contributed by atoms with E-state index in [1.54, 1.807) is 6.07 Å². The second-order valence-electron chi connectivity index (χ2n) is 4.28. The van der Waals surface area contributed by atoms with E-state index in [0.717, 1.165) is 18.1 Å². The number of benzene rings is 1. The van der Waals surface area contributed by atoms with Gasteiger partial charge in [0, 0.05) is 22.2 Å². The van der Waals surface area contributed by atoms with E-state index >= 15 is 0 Å². The third-order valence-electron chi connectivity index (χ3n) is 3.08. The molecule has 3 rings (SSSR count). The topological polar surface area (TPSA) is 54.0 Å². The molecule has 1 fully saturated rings. The highest BCUT2D eigenvalue weighted by atomic mass is 35.5. The highest BCUT2D eigenvalue weighted by molar-refractivity contribution is 6.35. The molecule has 0 spiro atoms. The van der Waals surface area contributed by atoms with E-state index in [1.807, 2.05) is 12.1 Å². The van der Waals surface area contributed by atoms with Crippen LogP contribution in [0.3, 0.4) is 0 Å². The third kappa shape index (κ3) is 2.68. The average molecular weight is 299 g/mol. The number of aromatic amines is 1. The lowest BCUT2D eigenvalue weighted by Crippen LogP contribution is -2.39. The molecule has 0 radical (unpaired) electrons. The first kappa shape index (κ1) is 12.7. The zero-order valence-corrected chi connectivity index (χ0v) is 11.5. The number of halogens is 2. The van der Waals surface area contributed by atoms with Crippen LogP contribution in [0.4, 0.5) is 5.95 Å². The van der Waals surface area contributed by atoms with Crippen molar-refractivity contribution < 1.29 is 4.74 Å². The zero-order valence-electron chi connectivity index (χ0n) is 10.0. The Morgan fingerprint density at radius 1 is 1.37 bits per heavy atom. The molecule has 1 saturated heterocycles. The Labute approximate surface area is 120 Å². The Kier molecular flexibility index (Phi) is 3.59. The fraction of sp³-hybridized carbons (Fsp3) is 0.333. The Hall–Kier alpha value is -1.30. The van der Waals surface area contributed by atoms with Crippen molar-refractivity contribution in [3.63, 3.8) is 0 Å². The summed E-state index contributed by atoms with van der Waals surface area (Å²) in [5, 5.41) is 7.96. The van der Waals surface area contributed by atoms with Gasteiger partial charge in [-0.25, -0.2) is 5.10 Å². The van der Waals surface area contributed by atoms with Gasteiger partial charge in [0.2, 0.25) is 5.95 Å². The predicted molar refractivity (Wildman–Crippen MR) is 73.8 cm³/mol. The number of hydrogen-bond acceptors (Lipinski definition) is 4. The maximum atomic E-state index is 6.22. The van der Waals surface area contributed by atoms with Gasteiger partial charge in [0.1, 0.15) is 12.4 Å². The lowest BCUT2D eigenvalue weighted by Gasteiger charge is -2.33. The Morgan fingerprint density at radius 2 is 2.26 bits per heavy atom. The molecule has 0 aliphatic carbocycles. The molecule has 1 aliphatic rings. The summed E-state index contributed by atoms with van der Waals surface area (Å²) >= 11 is 12.1. The second kappa shape index (κ2) is 5.36. The van der Waals surface area contributed by atoms with Crippen molar-refractivity contribution in [3.05, 3.63) is 40.1 Å². The van der Waals surface area contributed by atoms with E-state index in [-0.39, 0.29) is 6.10 Å². The number of nitrogens with zero attached hydrogens (tertiary/aromatic N) is 3. The van der Waals surface area contributed by atoms with Crippen LogP contribution in [-0.4, -0.2) is 34.9 Å². The van der Waals surface area contributed by atoms with Crippen molar-refractivity contribution in [1.29, 1.82) is 0 Å². The lowest BCUT2D eigenvalue weighted by molar-refractivity contribution is 0.0393. The van der Waals surface area contributed by atoms with E-state index in [2.05, 4.69) is 20.1 Å². The van der Waals surface area contributed by atoms with Crippen LogP contribution in [0.2, 0.25) is 10.0 Å². The molecule has 1 atom stereocenters. The number of nitrogens with one attached hydrogen (secondary N) is 1. The van der Waals surface area contributed by atoms with Crippen molar-refractivity contribution >= 4 is 29.2 Å². The first-order valence-electron chi connectivity index (χ1n) is 5.91. The molecule has 2 heterocycles. The zero-order chi connectivity index (χ0) is 13.2. The molecule has 1 unspecified atom stereocenters. The summed E-state index contributed by atoms with van der Waals surface area (Å²) in [6, 6.07) is 5.45. The van der Waals surface area contributed by atoms with Crippen LogP contribution in [0.5, 0.6) is 0 Å². The number of H-pyrrole nitrogens is 1. The van der Waals surface area contributed by atoms with Gasteiger partial charge in [0.15, 0.2) is 0 Å². The fourth-order valence-electron chi connectivity index (χ4n) is 2.14. The highest BCUT2D eigenvalue weighted by Crippen LogP contribution is 2.31. The molecule has 1 N–H and O–H groups in total. The summed E-state index contributed by atoms with van der Waals surface area (Å²) in [5.74, 6) is 0.749. The van der Waals surface area contributed by atoms with Gasteiger partial charge in [-0.1, -0.05) is 29.3 Å². The SMILES string of the molecule is Clc1ccc(C2CN(c3ncn[nH]3)CCO2)c(Cl)c1. The number of hydrogen-bond donors (Lipinski definition) is 1. The lowest BCUT2D eigenvalue weighted by atomic mass is 10.1. The molecule has 0 amide bonds. The fourth-order valence-corrected chi connectivity index (χ4v) is 2.67. The number of aromatic nitrogens is 3. The highest BCUT2D eigenvalue weighted by Gasteiger charge is 2.25. The number of ether oxygens (including phenoxy) is 1. The second-order valence-corrected chi connectivity index (χ2v) is 5.12. The molecule has 100 valence electrons. The van der Waals surface area contributed by atoms with Gasteiger partial charge in [0.25, 0.3) is 0 Å². The van der Waals surface area contributed by atoms with Crippen LogP contribution in [0.25, 0.3) is 0 Å². The largest absolute Gasteiger partial charge is 0.370 e. The molecule has 1 aromatic carbocycles. The third-order valence-corrected chi connectivity index (χ3v) is 3.64. The molecule has 19 heavy (non-hydrogen) atoms. The minimum atomic E-state index is -0.0939. The summed E-state index contributed by atoms with van der Waals surface area (Å²) in [7, 11) is 0.